The molecule has 0 N–H and O–H groups in total. The van der Waals surface area contributed by atoms with E-state index in [0.717, 1.165) is 24.8 Å². The van der Waals surface area contributed by atoms with E-state index >= 15 is 0 Å². The SMILES string of the molecule is C=Nc1sc2c(c1C(=O)N(C)Cc1cc(F)ccc1OC)CCC2. The van der Waals surface area contributed by atoms with Gasteiger partial charge in [-0.3, -0.25) is 9.79 Å². The van der Waals surface area contributed by atoms with Crippen LogP contribution in [0.4, 0.5) is 9.39 Å². The quantitative estimate of drug-likeness (QED) is 0.768. The summed E-state index contributed by atoms with van der Waals surface area (Å²) >= 11 is 1.55. The van der Waals surface area contributed by atoms with Gasteiger partial charge in [-0.25, -0.2) is 4.39 Å². The van der Waals surface area contributed by atoms with Crippen LogP contribution in [0.5, 0.6) is 5.75 Å². The molecule has 0 saturated heterocycles. The minimum atomic E-state index is -0.350. The van der Waals surface area contributed by atoms with Crippen LogP contribution in [0.15, 0.2) is 23.2 Å². The Morgan fingerprint density at radius 3 is 2.96 bits per heavy atom. The van der Waals surface area contributed by atoms with Crippen molar-refractivity contribution in [1.82, 2.24) is 4.90 Å². The van der Waals surface area contributed by atoms with Crippen LogP contribution in [0.1, 0.15) is 32.8 Å². The van der Waals surface area contributed by atoms with Crippen molar-refractivity contribution in [3.05, 3.63) is 45.6 Å². The molecule has 126 valence electrons. The van der Waals surface area contributed by atoms with Crippen molar-refractivity contribution in [3.8, 4) is 5.75 Å². The van der Waals surface area contributed by atoms with Gasteiger partial charge in [-0.2, -0.15) is 0 Å². The third kappa shape index (κ3) is 2.94. The molecule has 0 radical (unpaired) electrons. The summed E-state index contributed by atoms with van der Waals surface area (Å²) in [6, 6.07) is 4.31. The Bertz CT molecular complexity index is 801. The predicted octanol–water partition coefficient (Wildman–Crippen LogP) is 3.99. The molecule has 6 heteroatoms. The average Bonchev–Trinajstić information content (AvgIpc) is 3.14. The summed E-state index contributed by atoms with van der Waals surface area (Å²) in [6.07, 6.45) is 2.97. The van der Waals surface area contributed by atoms with E-state index in [4.69, 9.17) is 4.74 Å². The molecule has 0 bridgehead atoms. The molecule has 2 aromatic rings. The Morgan fingerprint density at radius 1 is 1.46 bits per heavy atom. The Hall–Kier alpha value is -2.21. The van der Waals surface area contributed by atoms with Gasteiger partial charge in [0.25, 0.3) is 5.91 Å². The Labute approximate surface area is 144 Å². The molecule has 0 aliphatic heterocycles. The van der Waals surface area contributed by atoms with Crippen molar-refractivity contribution in [1.29, 1.82) is 0 Å². The summed E-state index contributed by atoms with van der Waals surface area (Å²) in [7, 11) is 3.24. The number of amides is 1. The molecule has 1 heterocycles. The molecule has 3 rings (SSSR count). The highest BCUT2D eigenvalue weighted by molar-refractivity contribution is 7.16. The molecule has 1 aliphatic carbocycles. The second-order valence-corrected chi connectivity index (χ2v) is 6.90. The predicted molar refractivity (Wildman–Crippen MR) is 94.3 cm³/mol. The van der Waals surface area contributed by atoms with Gasteiger partial charge in [-0.1, -0.05) is 0 Å². The second kappa shape index (κ2) is 6.73. The van der Waals surface area contributed by atoms with Crippen LogP contribution < -0.4 is 4.74 Å². The first-order valence-corrected chi connectivity index (χ1v) is 8.56. The van der Waals surface area contributed by atoms with Crippen LogP contribution in [0.2, 0.25) is 0 Å². The number of thiophene rings is 1. The number of benzene rings is 1. The molecular weight excluding hydrogens is 327 g/mol. The fourth-order valence-electron chi connectivity index (χ4n) is 3.11. The van der Waals surface area contributed by atoms with Crippen molar-refractivity contribution in [3.63, 3.8) is 0 Å². The molecule has 24 heavy (non-hydrogen) atoms. The van der Waals surface area contributed by atoms with Gasteiger partial charge in [0.2, 0.25) is 0 Å². The van der Waals surface area contributed by atoms with Gasteiger partial charge in [0.15, 0.2) is 0 Å². The lowest BCUT2D eigenvalue weighted by Crippen LogP contribution is -2.27. The number of halogens is 1. The van der Waals surface area contributed by atoms with Gasteiger partial charge in [-0.05, 0) is 49.7 Å². The maximum absolute atomic E-state index is 13.5. The number of carbonyl (C=O) groups excluding carboxylic acids is 1. The first-order chi connectivity index (χ1) is 11.5. The number of aliphatic imine (C=N–C) groups is 1. The highest BCUT2D eigenvalue weighted by atomic mass is 32.1. The molecule has 1 aromatic carbocycles. The van der Waals surface area contributed by atoms with Crippen molar-refractivity contribution in [2.75, 3.05) is 14.2 Å². The summed E-state index contributed by atoms with van der Waals surface area (Å²) in [4.78, 5) is 19.8. The molecule has 1 aromatic heterocycles. The van der Waals surface area contributed by atoms with Gasteiger partial charge in [0, 0.05) is 24.0 Å². The van der Waals surface area contributed by atoms with E-state index in [1.54, 1.807) is 29.4 Å². The first kappa shape index (κ1) is 16.6. The van der Waals surface area contributed by atoms with E-state index in [-0.39, 0.29) is 18.3 Å². The van der Waals surface area contributed by atoms with Crippen molar-refractivity contribution in [2.45, 2.75) is 25.8 Å². The van der Waals surface area contributed by atoms with Crippen LogP contribution in [-0.4, -0.2) is 31.7 Å². The van der Waals surface area contributed by atoms with Crippen LogP contribution in [0, 0.1) is 5.82 Å². The number of methoxy groups -OCH3 is 1. The summed E-state index contributed by atoms with van der Waals surface area (Å²) in [5, 5.41) is 0.683. The highest BCUT2D eigenvalue weighted by Gasteiger charge is 2.28. The number of rotatable bonds is 5. The van der Waals surface area contributed by atoms with E-state index < -0.39 is 0 Å². The Balaban J connectivity index is 1.89. The van der Waals surface area contributed by atoms with E-state index in [9.17, 15) is 9.18 Å². The summed E-state index contributed by atoms with van der Waals surface area (Å²) < 4.78 is 18.8. The zero-order valence-electron chi connectivity index (χ0n) is 13.8. The number of aryl methyl sites for hydroxylation is 1. The number of hydrogen-bond acceptors (Lipinski definition) is 4. The summed E-state index contributed by atoms with van der Waals surface area (Å²) in [6.45, 7) is 3.85. The molecule has 0 saturated carbocycles. The maximum atomic E-state index is 13.5. The highest BCUT2D eigenvalue weighted by Crippen LogP contribution is 2.41. The third-order valence-electron chi connectivity index (χ3n) is 4.26. The van der Waals surface area contributed by atoms with Crippen molar-refractivity contribution < 1.29 is 13.9 Å². The zero-order valence-corrected chi connectivity index (χ0v) is 14.6. The fourth-order valence-corrected chi connectivity index (χ4v) is 4.29. The zero-order chi connectivity index (χ0) is 17.3. The first-order valence-electron chi connectivity index (χ1n) is 7.74. The van der Waals surface area contributed by atoms with Gasteiger partial charge in [0.05, 0.1) is 12.7 Å². The lowest BCUT2D eigenvalue weighted by atomic mass is 10.1. The Kier molecular flexibility index (Phi) is 4.66. The van der Waals surface area contributed by atoms with Gasteiger partial charge >= 0.3 is 0 Å². The smallest absolute Gasteiger partial charge is 0.257 e. The monoisotopic (exact) mass is 346 g/mol. The van der Waals surface area contributed by atoms with Crippen molar-refractivity contribution >= 4 is 29.0 Å². The number of fused-ring (bicyclic) bond motifs is 1. The molecular formula is C18H19FN2O2S. The standard InChI is InChI=1S/C18H19FN2O2S/c1-20-17-16(13-5-4-6-15(13)24-17)18(22)21(2)10-11-9-12(19)7-8-14(11)23-3/h7-9H,1,4-6,10H2,2-3H3. The lowest BCUT2D eigenvalue weighted by Gasteiger charge is -2.19. The van der Waals surface area contributed by atoms with Crippen LogP contribution in [0.25, 0.3) is 0 Å². The number of ether oxygens (including phenoxy) is 1. The minimum Gasteiger partial charge on any atom is -0.496 e. The Morgan fingerprint density at radius 2 is 2.25 bits per heavy atom. The molecule has 0 unspecified atom stereocenters. The van der Waals surface area contributed by atoms with Gasteiger partial charge in [0.1, 0.15) is 16.6 Å². The number of hydrogen-bond donors (Lipinski definition) is 0. The van der Waals surface area contributed by atoms with E-state index in [0.29, 0.717) is 21.9 Å². The largest absolute Gasteiger partial charge is 0.496 e. The topological polar surface area (TPSA) is 41.9 Å². The number of nitrogens with zero attached hydrogens (tertiary/aromatic N) is 2. The number of carbonyl (C=O) groups is 1. The molecule has 1 aliphatic rings. The lowest BCUT2D eigenvalue weighted by molar-refractivity contribution is 0.0784. The molecule has 0 spiro atoms. The van der Waals surface area contributed by atoms with E-state index in [1.807, 2.05) is 0 Å². The minimum absolute atomic E-state index is 0.108. The van der Waals surface area contributed by atoms with E-state index in [2.05, 4.69) is 11.7 Å². The molecule has 4 nitrogen and oxygen atoms in total. The molecule has 1 amide bonds. The summed E-state index contributed by atoms with van der Waals surface area (Å²) in [5.41, 5.74) is 2.39. The van der Waals surface area contributed by atoms with Crippen LogP contribution in [0.3, 0.4) is 0 Å². The van der Waals surface area contributed by atoms with Crippen LogP contribution >= 0.6 is 11.3 Å². The normalized spacial score (nSPS) is 12.8. The second-order valence-electron chi connectivity index (χ2n) is 5.81. The van der Waals surface area contributed by atoms with E-state index in [1.165, 1.54) is 24.1 Å². The summed E-state index contributed by atoms with van der Waals surface area (Å²) in [5.74, 6) is 0.105. The average molecular weight is 346 g/mol. The fraction of sp³-hybridized carbons (Fsp3) is 0.333. The third-order valence-corrected chi connectivity index (χ3v) is 5.48. The van der Waals surface area contributed by atoms with Gasteiger partial charge in [-0.15, -0.1) is 11.3 Å². The maximum Gasteiger partial charge on any atom is 0.257 e. The molecule has 0 fully saturated rings. The molecule has 0 atom stereocenters. The van der Waals surface area contributed by atoms with Crippen LogP contribution in [-0.2, 0) is 19.4 Å². The van der Waals surface area contributed by atoms with Gasteiger partial charge < -0.3 is 9.64 Å². The van der Waals surface area contributed by atoms with Crippen molar-refractivity contribution in [2.24, 2.45) is 4.99 Å².